The second kappa shape index (κ2) is 12.2. The van der Waals surface area contributed by atoms with Crippen LogP contribution in [0.5, 0.6) is 11.5 Å². The smallest absolute Gasteiger partial charge is 0.191 e. The van der Waals surface area contributed by atoms with Crippen molar-refractivity contribution in [2.24, 2.45) is 4.99 Å². The standard InChI is InChI=1S/C24H34N4O3/c1-3-25-24(26-11-10-19-8-9-22(30-2)16-23(19)29)27-17-20-6-4-5-7-21(20)18-28-12-14-31-15-13-28/h4-9,16,29H,3,10-15,17-18H2,1-2H3,(H2,25,26,27). The summed E-state index contributed by atoms with van der Waals surface area (Å²) in [6.45, 7) is 8.60. The summed E-state index contributed by atoms with van der Waals surface area (Å²) in [6, 6.07) is 13.9. The molecule has 0 aromatic heterocycles. The zero-order valence-corrected chi connectivity index (χ0v) is 18.6. The highest BCUT2D eigenvalue weighted by Gasteiger charge is 2.12. The lowest BCUT2D eigenvalue weighted by Crippen LogP contribution is -2.38. The van der Waals surface area contributed by atoms with Crippen LogP contribution in [0.3, 0.4) is 0 Å². The van der Waals surface area contributed by atoms with E-state index in [9.17, 15) is 5.11 Å². The second-order valence-corrected chi connectivity index (χ2v) is 7.52. The summed E-state index contributed by atoms with van der Waals surface area (Å²) in [6.07, 6.45) is 0.688. The van der Waals surface area contributed by atoms with Gasteiger partial charge in [0.25, 0.3) is 0 Å². The Morgan fingerprint density at radius 2 is 1.87 bits per heavy atom. The van der Waals surface area contributed by atoms with Crippen molar-refractivity contribution in [3.05, 3.63) is 59.2 Å². The fraction of sp³-hybridized carbons (Fsp3) is 0.458. The molecule has 3 N–H and O–H groups in total. The minimum Gasteiger partial charge on any atom is -0.508 e. The molecule has 2 aromatic rings. The first kappa shape index (κ1) is 22.9. The van der Waals surface area contributed by atoms with E-state index in [2.05, 4.69) is 46.7 Å². The number of aromatic hydroxyl groups is 1. The summed E-state index contributed by atoms with van der Waals surface area (Å²) in [5, 5.41) is 16.8. The number of guanidine groups is 1. The lowest BCUT2D eigenvalue weighted by atomic mass is 10.1. The highest BCUT2D eigenvalue weighted by molar-refractivity contribution is 5.79. The lowest BCUT2D eigenvalue weighted by Gasteiger charge is -2.27. The van der Waals surface area contributed by atoms with Gasteiger partial charge in [0.15, 0.2) is 5.96 Å². The zero-order valence-electron chi connectivity index (χ0n) is 18.6. The average molecular weight is 427 g/mol. The molecule has 0 amide bonds. The SMILES string of the molecule is CCNC(=NCc1ccccc1CN1CCOCC1)NCCc1ccc(OC)cc1O. The molecule has 1 aliphatic heterocycles. The van der Waals surface area contributed by atoms with E-state index in [4.69, 9.17) is 14.5 Å². The van der Waals surface area contributed by atoms with E-state index in [1.165, 1.54) is 11.1 Å². The first-order valence-corrected chi connectivity index (χ1v) is 10.9. The number of aliphatic imine (C=N–C) groups is 1. The van der Waals surface area contributed by atoms with Crippen LogP contribution in [0.4, 0.5) is 0 Å². The number of phenolic OH excluding ortho intramolecular Hbond substituents is 1. The number of hydrogen-bond acceptors (Lipinski definition) is 5. The van der Waals surface area contributed by atoms with Crippen molar-refractivity contribution in [3.63, 3.8) is 0 Å². The van der Waals surface area contributed by atoms with Crippen LogP contribution in [-0.2, 0) is 24.2 Å². The fourth-order valence-corrected chi connectivity index (χ4v) is 3.57. The third kappa shape index (κ3) is 7.15. The van der Waals surface area contributed by atoms with E-state index < -0.39 is 0 Å². The Balaban J connectivity index is 1.58. The van der Waals surface area contributed by atoms with Gasteiger partial charge >= 0.3 is 0 Å². The van der Waals surface area contributed by atoms with Crippen molar-refractivity contribution < 1.29 is 14.6 Å². The minimum absolute atomic E-state index is 0.250. The molecule has 31 heavy (non-hydrogen) atoms. The van der Waals surface area contributed by atoms with Gasteiger partial charge in [-0.15, -0.1) is 0 Å². The summed E-state index contributed by atoms with van der Waals surface area (Å²) in [5.74, 6) is 1.68. The van der Waals surface area contributed by atoms with Crippen LogP contribution < -0.4 is 15.4 Å². The quantitative estimate of drug-likeness (QED) is 0.423. The summed E-state index contributed by atoms with van der Waals surface area (Å²) in [5.41, 5.74) is 3.42. The molecule has 7 heteroatoms. The maximum Gasteiger partial charge on any atom is 0.191 e. The van der Waals surface area contributed by atoms with Crippen molar-refractivity contribution in [2.45, 2.75) is 26.4 Å². The summed E-state index contributed by atoms with van der Waals surface area (Å²) in [7, 11) is 1.59. The third-order valence-corrected chi connectivity index (χ3v) is 5.35. The highest BCUT2D eigenvalue weighted by Crippen LogP contribution is 2.23. The molecule has 0 saturated carbocycles. The Morgan fingerprint density at radius 3 is 2.58 bits per heavy atom. The molecule has 1 heterocycles. The Labute approximate surface area is 185 Å². The van der Waals surface area contributed by atoms with E-state index >= 15 is 0 Å². The van der Waals surface area contributed by atoms with Crippen LogP contribution in [0.2, 0.25) is 0 Å². The molecule has 0 radical (unpaired) electrons. The summed E-state index contributed by atoms with van der Waals surface area (Å²) < 4.78 is 10.6. The first-order chi connectivity index (χ1) is 15.2. The van der Waals surface area contributed by atoms with Gasteiger partial charge in [0, 0.05) is 38.8 Å². The van der Waals surface area contributed by atoms with Gasteiger partial charge in [-0.2, -0.15) is 0 Å². The number of hydrogen-bond donors (Lipinski definition) is 3. The predicted molar refractivity (Wildman–Crippen MR) is 124 cm³/mol. The number of morpholine rings is 1. The molecule has 1 saturated heterocycles. The fourth-order valence-electron chi connectivity index (χ4n) is 3.57. The summed E-state index contributed by atoms with van der Waals surface area (Å²) in [4.78, 5) is 7.21. The molecule has 168 valence electrons. The Morgan fingerprint density at radius 1 is 1.10 bits per heavy atom. The average Bonchev–Trinajstić information content (AvgIpc) is 2.80. The molecule has 1 fully saturated rings. The number of nitrogens with zero attached hydrogens (tertiary/aromatic N) is 2. The molecule has 2 aromatic carbocycles. The highest BCUT2D eigenvalue weighted by atomic mass is 16.5. The van der Waals surface area contributed by atoms with Gasteiger partial charge in [-0.3, -0.25) is 4.90 Å². The van der Waals surface area contributed by atoms with Gasteiger partial charge < -0.3 is 25.2 Å². The maximum atomic E-state index is 10.1. The molecule has 0 atom stereocenters. The van der Waals surface area contributed by atoms with Gasteiger partial charge in [-0.1, -0.05) is 30.3 Å². The van der Waals surface area contributed by atoms with Crippen molar-refractivity contribution in [3.8, 4) is 11.5 Å². The number of ether oxygens (including phenoxy) is 2. The molecule has 1 aliphatic rings. The Bertz CT molecular complexity index is 850. The zero-order chi connectivity index (χ0) is 21.9. The van der Waals surface area contributed by atoms with Crippen LogP contribution in [0.15, 0.2) is 47.5 Å². The van der Waals surface area contributed by atoms with E-state index in [1.807, 2.05) is 12.1 Å². The van der Waals surface area contributed by atoms with Crippen molar-refractivity contribution >= 4 is 5.96 Å². The van der Waals surface area contributed by atoms with Crippen molar-refractivity contribution in [2.75, 3.05) is 46.5 Å². The van der Waals surface area contributed by atoms with E-state index in [0.717, 1.165) is 50.9 Å². The number of rotatable bonds is 9. The van der Waals surface area contributed by atoms with E-state index in [1.54, 1.807) is 13.2 Å². The molecule has 3 rings (SSSR count). The van der Waals surface area contributed by atoms with E-state index in [-0.39, 0.29) is 5.75 Å². The molecule has 0 unspecified atom stereocenters. The maximum absolute atomic E-state index is 10.1. The topological polar surface area (TPSA) is 78.4 Å². The third-order valence-electron chi connectivity index (χ3n) is 5.35. The van der Waals surface area contributed by atoms with Crippen molar-refractivity contribution in [1.29, 1.82) is 0 Å². The Kier molecular flexibility index (Phi) is 8.99. The molecular weight excluding hydrogens is 392 g/mol. The van der Waals surface area contributed by atoms with Gasteiger partial charge in [0.05, 0.1) is 26.9 Å². The molecule has 0 aliphatic carbocycles. The van der Waals surface area contributed by atoms with Crippen LogP contribution >= 0.6 is 0 Å². The second-order valence-electron chi connectivity index (χ2n) is 7.52. The van der Waals surface area contributed by atoms with Crippen LogP contribution in [0, 0.1) is 0 Å². The number of methoxy groups -OCH3 is 1. The van der Waals surface area contributed by atoms with Gasteiger partial charge in [-0.05, 0) is 36.1 Å². The lowest BCUT2D eigenvalue weighted by molar-refractivity contribution is 0.0341. The van der Waals surface area contributed by atoms with Crippen molar-refractivity contribution in [1.82, 2.24) is 15.5 Å². The summed E-state index contributed by atoms with van der Waals surface area (Å²) >= 11 is 0. The largest absolute Gasteiger partial charge is 0.508 e. The molecular formula is C24H34N4O3. The Hall–Kier alpha value is -2.77. The molecule has 0 spiro atoms. The predicted octanol–water partition coefficient (Wildman–Crippen LogP) is 2.53. The van der Waals surface area contributed by atoms with Gasteiger partial charge in [-0.25, -0.2) is 4.99 Å². The van der Waals surface area contributed by atoms with E-state index in [0.29, 0.717) is 25.3 Å². The van der Waals surface area contributed by atoms with Gasteiger partial charge in [0.2, 0.25) is 0 Å². The molecule has 0 bridgehead atoms. The monoisotopic (exact) mass is 426 g/mol. The molecule has 7 nitrogen and oxygen atoms in total. The number of nitrogens with one attached hydrogen (secondary N) is 2. The first-order valence-electron chi connectivity index (χ1n) is 10.9. The normalized spacial score (nSPS) is 15.0. The number of benzene rings is 2. The number of phenols is 1. The van der Waals surface area contributed by atoms with Gasteiger partial charge in [0.1, 0.15) is 11.5 Å². The minimum atomic E-state index is 0.250. The van der Waals surface area contributed by atoms with Crippen LogP contribution in [-0.4, -0.2) is 62.5 Å². The van der Waals surface area contributed by atoms with Crippen LogP contribution in [0.25, 0.3) is 0 Å². The van der Waals surface area contributed by atoms with Crippen LogP contribution in [0.1, 0.15) is 23.6 Å².